The number of aryl methyl sites for hydroxylation is 2. The molecule has 6 heteroatoms. The van der Waals surface area contributed by atoms with Crippen LogP contribution in [-0.2, 0) is 4.79 Å². The van der Waals surface area contributed by atoms with Crippen molar-refractivity contribution in [3.05, 3.63) is 63.1 Å². The van der Waals surface area contributed by atoms with E-state index < -0.39 is 11.9 Å². The third-order valence-corrected chi connectivity index (χ3v) is 4.17. The molecule has 0 bridgehead atoms. The van der Waals surface area contributed by atoms with Gasteiger partial charge in [-0.15, -0.1) is 0 Å². The number of rotatable bonds is 5. The van der Waals surface area contributed by atoms with E-state index in [0.29, 0.717) is 4.47 Å². The Morgan fingerprint density at radius 3 is 2.36 bits per heavy atom. The van der Waals surface area contributed by atoms with Gasteiger partial charge in [0.1, 0.15) is 5.75 Å². The van der Waals surface area contributed by atoms with Crippen molar-refractivity contribution in [3.63, 3.8) is 0 Å². The van der Waals surface area contributed by atoms with Gasteiger partial charge in [0.05, 0.1) is 18.4 Å². The summed E-state index contributed by atoms with van der Waals surface area (Å²) in [6, 6.07) is 8.44. The zero-order valence-electron chi connectivity index (χ0n) is 14.1. The van der Waals surface area contributed by atoms with Crippen LogP contribution in [0.15, 0.2) is 40.9 Å². The highest BCUT2D eigenvalue weighted by Crippen LogP contribution is 2.23. The van der Waals surface area contributed by atoms with E-state index in [1.807, 2.05) is 26.0 Å². The standard InChI is InChI=1S/C19H18BrNO4/c1-11-8-14(25-3)9-12(2)15(11)5-7-18(22)21-17-6-4-13(20)10-16(17)19(23)24/h4-10H,1-3H3,(H,21,22)(H,23,24)/b7-5+. The molecule has 0 saturated heterocycles. The molecule has 0 saturated carbocycles. The Labute approximate surface area is 154 Å². The Morgan fingerprint density at radius 1 is 1.16 bits per heavy atom. The van der Waals surface area contributed by atoms with Gasteiger partial charge in [-0.25, -0.2) is 4.79 Å². The van der Waals surface area contributed by atoms with Gasteiger partial charge < -0.3 is 15.2 Å². The van der Waals surface area contributed by atoms with Crippen LogP contribution in [0.2, 0.25) is 0 Å². The van der Waals surface area contributed by atoms with Crippen LogP contribution in [0.3, 0.4) is 0 Å². The van der Waals surface area contributed by atoms with Gasteiger partial charge in [0.25, 0.3) is 0 Å². The molecule has 25 heavy (non-hydrogen) atoms. The number of carboxylic acids is 1. The van der Waals surface area contributed by atoms with Crippen molar-refractivity contribution in [2.24, 2.45) is 0 Å². The third kappa shape index (κ3) is 4.70. The second-order valence-electron chi connectivity index (χ2n) is 5.49. The van der Waals surface area contributed by atoms with Gasteiger partial charge in [0, 0.05) is 10.5 Å². The summed E-state index contributed by atoms with van der Waals surface area (Å²) in [6.45, 7) is 3.87. The average molecular weight is 404 g/mol. The number of ether oxygens (including phenoxy) is 1. The van der Waals surface area contributed by atoms with E-state index in [4.69, 9.17) is 4.74 Å². The van der Waals surface area contributed by atoms with Crippen LogP contribution in [0, 0.1) is 13.8 Å². The summed E-state index contributed by atoms with van der Waals surface area (Å²) in [6.07, 6.45) is 3.09. The number of anilines is 1. The van der Waals surface area contributed by atoms with Crippen LogP contribution in [0.25, 0.3) is 6.08 Å². The van der Waals surface area contributed by atoms with E-state index in [1.54, 1.807) is 25.3 Å². The summed E-state index contributed by atoms with van der Waals surface area (Å²) in [7, 11) is 1.61. The van der Waals surface area contributed by atoms with Crippen molar-refractivity contribution in [2.45, 2.75) is 13.8 Å². The lowest BCUT2D eigenvalue weighted by atomic mass is 10.0. The Balaban J connectivity index is 2.21. The van der Waals surface area contributed by atoms with Crippen molar-refractivity contribution in [3.8, 4) is 5.75 Å². The molecule has 1 amide bonds. The van der Waals surface area contributed by atoms with E-state index in [-0.39, 0.29) is 11.3 Å². The topological polar surface area (TPSA) is 75.6 Å². The number of carbonyl (C=O) groups is 2. The molecule has 0 atom stereocenters. The fourth-order valence-electron chi connectivity index (χ4n) is 2.45. The highest BCUT2D eigenvalue weighted by atomic mass is 79.9. The number of halogens is 1. The maximum atomic E-state index is 12.2. The SMILES string of the molecule is COc1cc(C)c(/C=C/C(=O)Nc2ccc(Br)cc2C(=O)O)c(C)c1. The zero-order chi connectivity index (χ0) is 18.6. The van der Waals surface area contributed by atoms with E-state index in [2.05, 4.69) is 21.2 Å². The average Bonchev–Trinajstić information content (AvgIpc) is 2.55. The van der Waals surface area contributed by atoms with E-state index in [9.17, 15) is 14.7 Å². The fourth-order valence-corrected chi connectivity index (χ4v) is 2.81. The third-order valence-electron chi connectivity index (χ3n) is 3.67. The van der Waals surface area contributed by atoms with Gasteiger partial charge in [-0.1, -0.05) is 15.9 Å². The molecule has 0 aliphatic rings. The van der Waals surface area contributed by atoms with Crippen molar-refractivity contribution in [1.29, 1.82) is 0 Å². The number of carboxylic acid groups (broad SMARTS) is 1. The van der Waals surface area contributed by atoms with Gasteiger partial charge in [-0.2, -0.15) is 0 Å². The number of hydrogen-bond acceptors (Lipinski definition) is 3. The van der Waals surface area contributed by atoms with E-state index >= 15 is 0 Å². The van der Waals surface area contributed by atoms with Gasteiger partial charge >= 0.3 is 5.97 Å². The molecule has 2 aromatic carbocycles. The Hall–Kier alpha value is -2.60. The molecule has 0 heterocycles. The van der Waals surface area contributed by atoms with Crippen molar-refractivity contribution >= 4 is 39.6 Å². The highest BCUT2D eigenvalue weighted by Gasteiger charge is 2.12. The second kappa shape index (κ2) is 7.98. The van der Waals surface area contributed by atoms with E-state index in [0.717, 1.165) is 22.4 Å². The first kappa shape index (κ1) is 18.7. The quantitative estimate of drug-likeness (QED) is 0.724. The predicted octanol–water partition coefficient (Wildman–Crippen LogP) is 4.42. The van der Waals surface area contributed by atoms with Crippen molar-refractivity contribution in [2.75, 3.05) is 12.4 Å². The molecular formula is C19H18BrNO4. The van der Waals surface area contributed by atoms with Crippen LogP contribution in [0.4, 0.5) is 5.69 Å². The highest BCUT2D eigenvalue weighted by molar-refractivity contribution is 9.10. The minimum absolute atomic E-state index is 0.0212. The fraction of sp³-hybridized carbons (Fsp3) is 0.158. The molecule has 0 radical (unpaired) electrons. The Kier molecular flexibility index (Phi) is 5.98. The molecule has 5 nitrogen and oxygen atoms in total. The molecule has 0 aromatic heterocycles. The molecule has 2 N–H and O–H groups in total. The van der Waals surface area contributed by atoms with E-state index in [1.165, 1.54) is 12.1 Å². The van der Waals surface area contributed by atoms with Crippen LogP contribution >= 0.6 is 15.9 Å². The summed E-state index contributed by atoms with van der Waals surface area (Å²) in [5.74, 6) is -0.751. The summed E-state index contributed by atoms with van der Waals surface area (Å²) < 4.78 is 5.85. The smallest absolute Gasteiger partial charge is 0.337 e. The predicted molar refractivity (Wildman–Crippen MR) is 101 cm³/mol. The zero-order valence-corrected chi connectivity index (χ0v) is 15.7. The summed E-state index contributed by atoms with van der Waals surface area (Å²) in [4.78, 5) is 23.4. The lowest BCUT2D eigenvalue weighted by Gasteiger charge is -2.09. The molecule has 2 aromatic rings. The molecule has 0 aliphatic heterocycles. The first-order valence-corrected chi connectivity index (χ1v) is 8.28. The number of amides is 1. The molecule has 2 rings (SSSR count). The first-order chi connectivity index (χ1) is 11.8. The monoisotopic (exact) mass is 403 g/mol. The lowest BCUT2D eigenvalue weighted by Crippen LogP contribution is -2.12. The summed E-state index contributed by atoms with van der Waals surface area (Å²) in [5.41, 5.74) is 3.15. The number of hydrogen-bond donors (Lipinski definition) is 2. The first-order valence-electron chi connectivity index (χ1n) is 7.49. The minimum Gasteiger partial charge on any atom is -0.497 e. The normalized spacial score (nSPS) is 10.7. The molecule has 0 aliphatic carbocycles. The maximum absolute atomic E-state index is 12.2. The van der Waals surface area contributed by atoms with Crippen LogP contribution in [-0.4, -0.2) is 24.1 Å². The van der Waals surface area contributed by atoms with Crippen LogP contribution in [0.5, 0.6) is 5.75 Å². The molecule has 0 fully saturated rings. The van der Waals surface area contributed by atoms with Crippen molar-refractivity contribution in [1.82, 2.24) is 0 Å². The molecule has 130 valence electrons. The maximum Gasteiger partial charge on any atom is 0.337 e. The molecule has 0 spiro atoms. The van der Waals surface area contributed by atoms with Gasteiger partial charge in [-0.3, -0.25) is 4.79 Å². The summed E-state index contributed by atoms with van der Waals surface area (Å²) >= 11 is 3.22. The van der Waals surface area contributed by atoms with Crippen LogP contribution < -0.4 is 10.1 Å². The minimum atomic E-state index is -1.11. The number of methoxy groups -OCH3 is 1. The number of aromatic carboxylic acids is 1. The molecular weight excluding hydrogens is 386 g/mol. The number of carbonyl (C=O) groups excluding carboxylic acids is 1. The lowest BCUT2D eigenvalue weighted by molar-refractivity contribution is -0.111. The molecule has 0 unspecified atom stereocenters. The van der Waals surface area contributed by atoms with Gasteiger partial charge in [0.2, 0.25) is 5.91 Å². The Morgan fingerprint density at radius 2 is 1.80 bits per heavy atom. The number of nitrogens with one attached hydrogen (secondary N) is 1. The largest absolute Gasteiger partial charge is 0.497 e. The van der Waals surface area contributed by atoms with Gasteiger partial charge in [0.15, 0.2) is 0 Å². The van der Waals surface area contributed by atoms with Crippen LogP contribution in [0.1, 0.15) is 27.0 Å². The summed E-state index contributed by atoms with van der Waals surface area (Å²) in [5, 5.41) is 11.8. The Bertz CT molecular complexity index is 835. The van der Waals surface area contributed by atoms with Gasteiger partial charge in [-0.05, 0) is 66.9 Å². The second-order valence-corrected chi connectivity index (χ2v) is 6.41. The number of benzene rings is 2. The van der Waals surface area contributed by atoms with Crippen molar-refractivity contribution < 1.29 is 19.4 Å².